The summed E-state index contributed by atoms with van der Waals surface area (Å²) in [7, 11) is 0. The second kappa shape index (κ2) is 3.06. The Bertz CT molecular complexity index is 161. The van der Waals surface area contributed by atoms with E-state index >= 15 is 0 Å². The van der Waals surface area contributed by atoms with E-state index in [1.54, 1.807) is 0 Å². The molecule has 1 amide bonds. The normalized spacial score (nSPS) is 30.9. The van der Waals surface area contributed by atoms with Gasteiger partial charge < -0.3 is 20.2 Å². The maximum Gasteiger partial charge on any atom is 0.407 e. The highest BCUT2D eigenvalue weighted by molar-refractivity contribution is 5.66. The molecule has 1 heterocycles. The van der Waals surface area contributed by atoms with Crippen molar-refractivity contribution in [3.05, 3.63) is 0 Å². The molecule has 5 nitrogen and oxygen atoms in total. The monoisotopic (exact) mass is 161 g/mol. The van der Waals surface area contributed by atoms with E-state index in [1.165, 1.54) is 0 Å². The number of β-amino-alcohol motifs (C(OH)–C–C–N with tert-alkyl or cyclic N) is 1. The van der Waals surface area contributed by atoms with E-state index in [0.717, 1.165) is 4.90 Å². The summed E-state index contributed by atoms with van der Waals surface area (Å²) in [5.41, 5.74) is 0. The molecule has 0 aromatic heterocycles. The SMILES string of the molecule is O=C(O)N1C[C@@H](O)C[C@H]1CO. The van der Waals surface area contributed by atoms with E-state index in [4.69, 9.17) is 15.3 Å². The van der Waals surface area contributed by atoms with E-state index in [2.05, 4.69) is 0 Å². The van der Waals surface area contributed by atoms with Gasteiger partial charge in [0.1, 0.15) is 0 Å². The number of carbonyl (C=O) groups is 1. The molecular weight excluding hydrogens is 150 g/mol. The van der Waals surface area contributed by atoms with Gasteiger partial charge in [0.05, 0.1) is 25.3 Å². The molecule has 0 bridgehead atoms. The first-order valence-electron chi connectivity index (χ1n) is 3.43. The third-order valence-corrected chi connectivity index (χ3v) is 1.85. The second-order valence-electron chi connectivity index (χ2n) is 2.66. The molecule has 0 spiro atoms. The van der Waals surface area contributed by atoms with Crippen LogP contribution in [-0.2, 0) is 0 Å². The van der Waals surface area contributed by atoms with E-state index < -0.39 is 18.2 Å². The smallest absolute Gasteiger partial charge is 0.407 e. The maximum absolute atomic E-state index is 10.4. The second-order valence-corrected chi connectivity index (χ2v) is 2.66. The molecule has 3 N–H and O–H groups in total. The zero-order chi connectivity index (χ0) is 8.43. The Balaban J connectivity index is 2.57. The number of carboxylic acid groups (broad SMARTS) is 1. The lowest BCUT2D eigenvalue weighted by Crippen LogP contribution is -2.36. The lowest BCUT2D eigenvalue weighted by molar-refractivity contribution is 0.115. The molecule has 0 aromatic rings. The van der Waals surface area contributed by atoms with Gasteiger partial charge >= 0.3 is 6.09 Å². The van der Waals surface area contributed by atoms with E-state index in [0.29, 0.717) is 6.42 Å². The summed E-state index contributed by atoms with van der Waals surface area (Å²) in [6.45, 7) is -0.107. The Hall–Kier alpha value is -0.810. The number of aliphatic hydroxyl groups excluding tert-OH is 2. The number of nitrogens with zero attached hydrogens (tertiary/aromatic N) is 1. The first kappa shape index (κ1) is 8.29. The van der Waals surface area contributed by atoms with Crippen LogP contribution in [0.1, 0.15) is 6.42 Å². The van der Waals surface area contributed by atoms with Gasteiger partial charge in [-0.25, -0.2) is 4.79 Å². The predicted octanol–water partition coefficient (Wildman–Crippen LogP) is -0.908. The van der Waals surface area contributed by atoms with Crippen molar-refractivity contribution in [2.45, 2.75) is 18.6 Å². The highest BCUT2D eigenvalue weighted by Gasteiger charge is 2.33. The molecule has 1 saturated heterocycles. The van der Waals surface area contributed by atoms with Crippen LogP contribution < -0.4 is 0 Å². The number of amides is 1. The summed E-state index contributed by atoms with van der Waals surface area (Å²) in [5, 5.41) is 26.3. The first-order chi connectivity index (χ1) is 5.15. The fourth-order valence-electron chi connectivity index (χ4n) is 1.30. The topological polar surface area (TPSA) is 81.0 Å². The van der Waals surface area contributed by atoms with Crippen LogP contribution in [0.5, 0.6) is 0 Å². The Labute approximate surface area is 63.9 Å². The minimum absolute atomic E-state index is 0.112. The lowest BCUT2D eigenvalue weighted by Gasteiger charge is -2.17. The van der Waals surface area contributed by atoms with Crippen molar-refractivity contribution >= 4 is 6.09 Å². The van der Waals surface area contributed by atoms with Gasteiger partial charge in [0, 0.05) is 0 Å². The minimum atomic E-state index is -1.08. The average Bonchev–Trinajstić information content (AvgIpc) is 2.30. The fraction of sp³-hybridized carbons (Fsp3) is 0.833. The summed E-state index contributed by atoms with van der Waals surface area (Å²) in [4.78, 5) is 11.5. The lowest BCUT2D eigenvalue weighted by atomic mass is 10.2. The summed E-state index contributed by atoms with van der Waals surface area (Å²) in [6, 6.07) is -0.428. The molecule has 0 radical (unpaired) electrons. The van der Waals surface area contributed by atoms with Gasteiger partial charge in [-0.2, -0.15) is 0 Å². The minimum Gasteiger partial charge on any atom is -0.465 e. The Kier molecular flexibility index (Phi) is 2.31. The van der Waals surface area contributed by atoms with Gasteiger partial charge in [-0.1, -0.05) is 0 Å². The van der Waals surface area contributed by atoms with Crippen molar-refractivity contribution < 1.29 is 20.1 Å². The van der Waals surface area contributed by atoms with Crippen LogP contribution in [-0.4, -0.2) is 51.6 Å². The zero-order valence-corrected chi connectivity index (χ0v) is 5.97. The molecule has 5 heteroatoms. The maximum atomic E-state index is 10.4. The average molecular weight is 161 g/mol. The van der Waals surface area contributed by atoms with Crippen molar-refractivity contribution in [3.63, 3.8) is 0 Å². The van der Waals surface area contributed by atoms with Gasteiger partial charge in [0.15, 0.2) is 0 Å². The number of likely N-dealkylation sites (tertiary alicyclic amines) is 1. The Morgan fingerprint density at radius 2 is 2.27 bits per heavy atom. The predicted molar refractivity (Wildman–Crippen MR) is 36.2 cm³/mol. The third-order valence-electron chi connectivity index (χ3n) is 1.85. The Morgan fingerprint density at radius 1 is 1.64 bits per heavy atom. The van der Waals surface area contributed by atoms with Crippen LogP contribution in [0.25, 0.3) is 0 Å². The molecule has 11 heavy (non-hydrogen) atoms. The van der Waals surface area contributed by atoms with Gasteiger partial charge in [0.2, 0.25) is 0 Å². The molecule has 2 atom stereocenters. The fourth-order valence-corrected chi connectivity index (χ4v) is 1.30. The van der Waals surface area contributed by atoms with Crippen LogP contribution in [0.3, 0.4) is 0 Å². The van der Waals surface area contributed by atoms with Gasteiger partial charge in [-0.05, 0) is 6.42 Å². The molecule has 1 rings (SSSR count). The number of aliphatic hydroxyl groups is 2. The van der Waals surface area contributed by atoms with Crippen LogP contribution in [0.15, 0.2) is 0 Å². The molecule has 0 unspecified atom stereocenters. The van der Waals surface area contributed by atoms with E-state index in [-0.39, 0.29) is 13.2 Å². The summed E-state index contributed by atoms with van der Waals surface area (Å²) in [6.07, 6.45) is -1.37. The highest BCUT2D eigenvalue weighted by Crippen LogP contribution is 2.16. The van der Waals surface area contributed by atoms with Crippen molar-refractivity contribution in [3.8, 4) is 0 Å². The molecule has 0 aromatic carbocycles. The molecule has 0 aliphatic carbocycles. The number of hydrogen-bond acceptors (Lipinski definition) is 3. The quantitative estimate of drug-likeness (QED) is 0.465. The summed E-state index contributed by atoms with van der Waals surface area (Å²) < 4.78 is 0. The van der Waals surface area contributed by atoms with Crippen molar-refractivity contribution in [1.82, 2.24) is 4.90 Å². The summed E-state index contributed by atoms with van der Waals surface area (Å²) in [5.74, 6) is 0. The largest absolute Gasteiger partial charge is 0.465 e. The van der Waals surface area contributed by atoms with Crippen LogP contribution in [0.2, 0.25) is 0 Å². The van der Waals surface area contributed by atoms with Crippen molar-refractivity contribution in [1.29, 1.82) is 0 Å². The zero-order valence-electron chi connectivity index (χ0n) is 5.97. The molecule has 0 saturated carbocycles. The van der Waals surface area contributed by atoms with E-state index in [9.17, 15) is 4.79 Å². The van der Waals surface area contributed by atoms with Gasteiger partial charge in [-0.3, -0.25) is 0 Å². The third kappa shape index (κ3) is 1.61. The molecule has 1 fully saturated rings. The van der Waals surface area contributed by atoms with E-state index in [1.807, 2.05) is 0 Å². The number of rotatable bonds is 1. The molecular formula is C6H11NO4. The van der Waals surface area contributed by atoms with Gasteiger partial charge in [-0.15, -0.1) is 0 Å². The first-order valence-corrected chi connectivity index (χ1v) is 3.43. The highest BCUT2D eigenvalue weighted by atomic mass is 16.4. The van der Waals surface area contributed by atoms with Gasteiger partial charge in [0.25, 0.3) is 0 Å². The van der Waals surface area contributed by atoms with Crippen LogP contribution in [0.4, 0.5) is 4.79 Å². The Morgan fingerprint density at radius 3 is 2.64 bits per heavy atom. The molecule has 1 aliphatic heterocycles. The molecule has 64 valence electrons. The molecule has 1 aliphatic rings. The summed E-state index contributed by atoms with van der Waals surface area (Å²) >= 11 is 0. The van der Waals surface area contributed by atoms with Crippen molar-refractivity contribution in [2.75, 3.05) is 13.2 Å². The standard InChI is InChI=1S/C6H11NO4/c8-3-4-1-5(9)2-7(4)6(10)11/h4-5,8-9H,1-3H2,(H,10,11)/t4-,5-/m0/s1. The number of hydrogen-bond donors (Lipinski definition) is 3. The van der Waals surface area contributed by atoms with Crippen LogP contribution in [0, 0.1) is 0 Å². The van der Waals surface area contributed by atoms with Crippen LogP contribution >= 0.6 is 0 Å². The van der Waals surface area contributed by atoms with Crippen molar-refractivity contribution in [2.24, 2.45) is 0 Å².